The fraction of sp³-hybridized carbons (Fsp3) is 0.364. The molecule has 1 aliphatic heterocycles. The number of urea groups is 1. The van der Waals surface area contributed by atoms with Gasteiger partial charge in [0.1, 0.15) is 5.75 Å². The molecule has 1 aromatic rings. The predicted octanol–water partition coefficient (Wildman–Crippen LogP) is 3.33. The zero-order valence-corrected chi connectivity index (χ0v) is 11.8. The predicted molar refractivity (Wildman–Crippen MR) is 73.0 cm³/mol. The van der Waals surface area contributed by atoms with E-state index in [4.69, 9.17) is 4.74 Å². The van der Waals surface area contributed by atoms with Gasteiger partial charge >= 0.3 is 6.03 Å². The number of anilines is 1. The lowest BCUT2D eigenvalue weighted by atomic mass is 10.3. The van der Waals surface area contributed by atoms with Crippen LogP contribution in [-0.2, 0) is 0 Å². The van der Waals surface area contributed by atoms with Gasteiger partial charge in [0.15, 0.2) is 0 Å². The monoisotopic (exact) mass is 316 g/mol. The Hall–Kier alpha value is -0.880. The number of halogens is 1. The average molecular weight is 317 g/mol. The Morgan fingerprint density at radius 3 is 3.06 bits per heavy atom. The first-order chi connectivity index (χ1) is 8.24. The third kappa shape index (κ3) is 2.87. The standard InChI is InChI=1S/C11H13BrN2O2S/c1-16-8-3-4-9-10(7-8)17-14(6-2-5-12)11(15)13-9/h3-4,7H,2,5-6H2,1H3,(H,13,15). The largest absolute Gasteiger partial charge is 0.497 e. The van der Waals surface area contributed by atoms with Crippen molar-refractivity contribution >= 4 is 39.6 Å². The molecule has 1 heterocycles. The van der Waals surface area contributed by atoms with Crippen molar-refractivity contribution in [1.82, 2.24) is 4.31 Å². The molecule has 1 aromatic carbocycles. The Labute approximate surface area is 113 Å². The first-order valence-electron chi connectivity index (χ1n) is 5.25. The second-order valence-electron chi connectivity index (χ2n) is 3.53. The molecule has 0 spiro atoms. The number of nitrogens with one attached hydrogen (secondary N) is 1. The molecule has 2 rings (SSSR count). The van der Waals surface area contributed by atoms with E-state index in [1.165, 1.54) is 11.9 Å². The number of carbonyl (C=O) groups is 1. The van der Waals surface area contributed by atoms with Gasteiger partial charge in [-0.3, -0.25) is 4.31 Å². The molecule has 1 aliphatic rings. The maximum Gasteiger partial charge on any atom is 0.332 e. The Morgan fingerprint density at radius 2 is 2.35 bits per heavy atom. The van der Waals surface area contributed by atoms with Gasteiger partial charge in [0.2, 0.25) is 0 Å². The zero-order chi connectivity index (χ0) is 12.3. The maximum absolute atomic E-state index is 11.8. The van der Waals surface area contributed by atoms with Crippen molar-refractivity contribution in [3.05, 3.63) is 18.2 Å². The summed E-state index contributed by atoms with van der Waals surface area (Å²) in [6.45, 7) is 0.721. The number of fused-ring (bicyclic) bond motifs is 1. The van der Waals surface area contributed by atoms with E-state index in [1.54, 1.807) is 11.4 Å². The van der Waals surface area contributed by atoms with E-state index < -0.39 is 0 Å². The molecule has 0 saturated carbocycles. The number of benzene rings is 1. The van der Waals surface area contributed by atoms with E-state index >= 15 is 0 Å². The summed E-state index contributed by atoms with van der Waals surface area (Å²) >= 11 is 4.82. The van der Waals surface area contributed by atoms with Crippen LogP contribution in [-0.4, -0.2) is 29.3 Å². The Bertz CT molecular complexity index is 428. The second kappa shape index (κ2) is 5.64. The molecular weight excluding hydrogens is 304 g/mol. The summed E-state index contributed by atoms with van der Waals surface area (Å²) in [5.41, 5.74) is 0.843. The van der Waals surface area contributed by atoms with Crippen molar-refractivity contribution < 1.29 is 9.53 Å². The molecular formula is C11H13BrN2O2S. The number of nitrogens with zero attached hydrogens (tertiary/aromatic N) is 1. The number of hydrogen-bond donors (Lipinski definition) is 1. The lowest BCUT2D eigenvalue weighted by molar-refractivity contribution is 0.238. The molecule has 4 nitrogen and oxygen atoms in total. The molecule has 0 saturated heterocycles. The fourth-order valence-electron chi connectivity index (χ4n) is 1.50. The Morgan fingerprint density at radius 1 is 1.53 bits per heavy atom. The molecule has 0 unspecified atom stereocenters. The van der Waals surface area contributed by atoms with Crippen LogP contribution in [0.3, 0.4) is 0 Å². The van der Waals surface area contributed by atoms with Crippen LogP contribution in [0.5, 0.6) is 5.75 Å². The van der Waals surface area contributed by atoms with Gasteiger partial charge in [0, 0.05) is 11.9 Å². The number of carbonyl (C=O) groups excluding carboxylic acids is 1. The highest BCUT2D eigenvalue weighted by Crippen LogP contribution is 2.37. The van der Waals surface area contributed by atoms with Crippen LogP contribution in [0.4, 0.5) is 10.5 Å². The summed E-state index contributed by atoms with van der Waals surface area (Å²) in [5.74, 6) is 0.799. The highest BCUT2D eigenvalue weighted by atomic mass is 79.9. The lowest BCUT2D eigenvalue weighted by Gasteiger charge is -2.27. The smallest absolute Gasteiger partial charge is 0.332 e. The van der Waals surface area contributed by atoms with Crippen molar-refractivity contribution in [3.63, 3.8) is 0 Å². The molecule has 2 amide bonds. The maximum atomic E-state index is 11.8. The van der Waals surface area contributed by atoms with Crippen molar-refractivity contribution in [1.29, 1.82) is 0 Å². The van der Waals surface area contributed by atoms with Crippen LogP contribution in [0.1, 0.15) is 6.42 Å². The quantitative estimate of drug-likeness (QED) is 0.684. The molecule has 92 valence electrons. The van der Waals surface area contributed by atoms with Gasteiger partial charge in [-0.15, -0.1) is 0 Å². The van der Waals surface area contributed by atoms with Crippen molar-refractivity contribution in [2.75, 3.05) is 24.3 Å². The molecule has 1 N–H and O–H groups in total. The molecule has 0 aromatic heterocycles. The van der Waals surface area contributed by atoms with Crippen molar-refractivity contribution in [2.24, 2.45) is 0 Å². The minimum Gasteiger partial charge on any atom is -0.497 e. The van der Waals surface area contributed by atoms with Gasteiger partial charge in [-0.05, 0) is 36.6 Å². The SMILES string of the molecule is COc1ccc2c(c1)SN(CCCBr)C(=O)N2. The third-order valence-corrected chi connectivity index (χ3v) is 4.02. The first kappa shape index (κ1) is 12.6. The van der Waals surface area contributed by atoms with Crippen LogP contribution in [0.2, 0.25) is 0 Å². The minimum atomic E-state index is -0.0615. The molecule has 0 fully saturated rings. The fourth-order valence-corrected chi connectivity index (χ4v) is 2.72. The van der Waals surface area contributed by atoms with Gasteiger partial charge in [-0.2, -0.15) is 0 Å². The number of ether oxygens (including phenoxy) is 1. The zero-order valence-electron chi connectivity index (χ0n) is 9.40. The summed E-state index contributed by atoms with van der Waals surface area (Å²) in [6.07, 6.45) is 0.930. The minimum absolute atomic E-state index is 0.0615. The normalized spacial score (nSPS) is 14.2. The number of amides is 2. The highest BCUT2D eigenvalue weighted by Gasteiger charge is 2.23. The van der Waals surface area contributed by atoms with E-state index in [0.29, 0.717) is 0 Å². The van der Waals surface area contributed by atoms with Gasteiger partial charge in [0.05, 0.1) is 17.7 Å². The highest BCUT2D eigenvalue weighted by molar-refractivity contribution is 9.09. The third-order valence-electron chi connectivity index (χ3n) is 2.36. The average Bonchev–Trinajstić information content (AvgIpc) is 2.35. The van der Waals surface area contributed by atoms with Crippen molar-refractivity contribution in [2.45, 2.75) is 11.3 Å². The number of rotatable bonds is 4. The molecule has 0 bridgehead atoms. The molecule has 0 aliphatic carbocycles. The Kier molecular flexibility index (Phi) is 4.17. The topological polar surface area (TPSA) is 41.6 Å². The first-order valence-corrected chi connectivity index (χ1v) is 7.14. The second-order valence-corrected chi connectivity index (χ2v) is 5.38. The molecule has 0 radical (unpaired) electrons. The molecule has 17 heavy (non-hydrogen) atoms. The lowest BCUT2D eigenvalue weighted by Crippen LogP contribution is -2.33. The van der Waals surface area contributed by atoms with Crippen LogP contribution in [0.15, 0.2) is 23.1 Å². The summed E-state index contributed by atoms with van der Waals surface area (Å²) in [6, 6.07) is 5.57. The van der Waals surface area contributed by atoms with Gasteiger partial charge < -0.3 is 10.1 Å². The van der Waals surface area contributed by atoms with E-state index in [-0.39, 0.29) is 6.03 Å². The van der Waals surface area contributed by atoms with E-state index in [0.717, 1.165) is 34.6 Å². The van der Waals surface area contributed by atoms with E-state index in [1.807, 2.05) is 18.2 Å². The number of hydrogen-bond acceptors (Lipinski definition) is 3. The summed E-state index contributed by atoms with van der Waals surface area (Å²) < 4.78 is 6.90. The number of alkyl halides is 1. The van der Waals surface area contributed by atoms with Crippen molar-refractivity contribution in [3.8, 4) is 5.75 Å². The van der Waals surface area contributed by atoms with Gasteiger partial charge in [-0.25, -0.2) is 4.79 Å². The van der Waals surface area contributed by atoms with Gasteiger partial charge in [0.25, 0.3) is 0 Å². The Balaban J connectivity index is 2.16. The van der Waals surface area contributed by atoms with E-state index in [9.17, 15) is 4.79 Å². The summed E-state index contributed by atoms with van der Waals surface area (Å²) in [7, 11) is 1.64. The van der Waals surface area contributed by atoms with Crippen LogP contribution >= 0.6 is 27.9 Å². The van der Waals surface area contributed by atoms with Crippen LogP contribution < -0.4 is 10.1 Å². The van der Waals surface area contributed by atoms with Crippen LogP contribution in [0, 0.1) is 0 Å². The van der Waals surface area contributed by atoms with Crippen LogP contribution in [0.25, 0.3) is 0 Å². The van der Waals surface area contributed by atoms with E-state index in [2.05, 4.69) is 21.2 Å². The molecule has 6 heteroatoms. The molecule has 0 atom stereocenters. The summed E-state index contributed by atoms with van der Waals surface area (Å²) in [4.78, 5) is 12.8. The number of methoxy groups -OCH3 is 1. The summed E-state index contributed by atoms with van der Waals surface area (Å²) in [5, 5.41) is 3.76. The van der Waals surface area contributed by atoms with Gasteiger partial charge in [-0.1, -0.05) is 15.9 Å².